The minimum Gasteiger partial charge on any atom is -0.308 e. The van der Waals surface area contributed by atoms with Crippen molar-refractivity contribution in [1.29, 1.82) is 0 Å². The van der Waals surface area contributed by atoms with Crippen molar-refractivity contribution in [3.05, 3.63) is 0 Å². The zero-order valence-electron chi connectivity index (χ0n) is 8.93. The fraction of sp³-hybridized carbons (Fsp3) is 1.00. The van der Waals surface area contributed by atoms with Crippen LogP contribution in [0.2, 0.25) is 0 Å². The lowest BCUT2D eigenvalue weighted by Crippen LogP contribution is -2.84. The second kappa shape index (κ2) is 3.53. The number of hydrogen-bond acceptors (Lipinski definition) is 4. The molecule has 3 aliphatic carbocycles. The maximum absolute atomic E-state index is 5.53. The summed E-state index contributed by atoms with van der Waals surface area (Å²) in [4.78, 5) is 0. The van der Waals surface area contributed by atoms with Crippen molar-refractivity contribution in [2.45, 2.75) is 49.2 Å². The average Bonchev–Trinajstić information content (AvgIpc) is 2.12. The van der Waals surface area contributed by atoms with Gasteiger partial charge in [0.05, 0.1) is 0 Å². The SMILES string of the molecule is NNC12CC(NC3CCN(I)CC3)(C1)C2. The van der Waals surface area contributed by atoms with Gasteiger partial charge in [0.25, 0.3) is 0 Å². The highest BCUT2D eigenvalue weighted by Gasteiger charge is 2.67. The maximum Gasteiger partial charge on any atom is 0.0374 e. The molecule has 4 fully saturated rings. The quantitative estimate of drug-likeness (QED) is 0.307. The second-order valence-corrected chi connectivity index (χ2v) is 6.93. The number of nitrogens with zero attached hydrogens (tertiary/aromatic N) is 1. The summed E-state index contributed by atoms with van der Waals surface area (Å²) < 4.78 is 2.39. The van der Waals surface area contributed by atoms with Crippen molar-refractivity contribution >= 4 is 22.9 Å². The summed E-state index contributed by atoms with van der Waals surface area (Å²) in [5.41, 5.74) is 3.74. The van der Waals surface area contributed by atoms with Crippen LogP contribution in [0.3, 0.4) is 0 Å². The third-order valence-electron chi connectivity index (χ3n) is 4.29. The Hall–Kier alpha value is 0.570. The van der Waals surface area contributed by atoms with E-state index in [0.717, 1.165) is 6.04 Å². The van der Waals surface area contributed by atoms with E-state index >= 15 is 0 Å². The highest BCUT2D eigenvalue weighted by molar-refractivity contribution is 14.1. The third-order valence-corrected chi connectivity index (χ3v) is 5.25. The highest BCUT2D eigenvalue weighted by atomic mass is 127. The number of halogens is 1. The van der Waals surface area contributed by atoms with Gasteiger partial charge in [0, 0.05) is 53.1 Å². The molecular weight excluding hydrogens is 303 g/mol. The summed E-state index contributed by atoms with van der Waals surface area (Å²) in [5.74, 6) is 5.53. The first-order chi connectivity index (χ1) is 7.15. The van der Waals surface area contributed by atoms with Gasteiger partial charge in [0.2, 0.25) is 0 Å². The molecule has 4 rings (SSSR count). The van der Waals surface area contributed by atoms with Gasteiger partial charge in [-0.3, -0.25) is 11.3 Å². The molecular formula is C10H19IN4. The summed E-state index contributed by atoms with van der Waals surface area (Å²) >= 11 is 2.42. The molecule has 0 atom stereocenters. The van der Waals surface area contributed by atoms with Crippen molar-refractivity contribution in [3.63, 3.8) is 0 Å². The fourth-order valence-electron chi connectivity index (χ4n) is 3.52. The Morgan fingerprint density at radius 2 is 1.73 bits per heavy atom. The van der Waals surface area contributed by atoms with Crippen molar-refractivity contribution in [2.24, 2.45) is 5.84 Å². The summed E-state index contributed by atoms with van der Waals surface area (Å²) in [7, 11) is 0. The van der Waals surface area contributed by atoms with Gasteiger partial charge in [-0.25, -0.2) is 3.11 Å². The van der Waals surface area contributed by atoms with Crippen LogP contribution in [0, 0.1) is 0 Å². The molecule has 0 radical (unpaired) electrons. The van der Waals surface area contributed by atoms with Crippen molar-refractivity contribution in [3.8, 4) is 0 Å². The van der Waals surface area contributed by atoms with E-state index < -0.39 is 0 Å². The van der Waals surface area contributed by atoms with E-state index in [1.54, 1.807) is 0 Å². The largest absolute Gasteiger partial charge is 0.308 e. The Kier molecular flexibility index (Phi) is 2.52. The first-order valence-electron chi connectivity index (χ1n) is 5.82. The van der Waals surface area contributed by atoms with Crippen LogP contribution in [0.4, 0.5) is 0 Å². The summed E-state index contributed by atoms with van der Waals surface area (Å²) in [5, 5.41) is 3.85. The Morgan fingerprint density at radius 1 is 1.13 bits per heavy atom. The third kappa shape index (κ3) is 1.72. The number of nitrogens with two attached hydrogens (primary N) is 1. The molecule has 4 aliphatic rings. The molecule has 1 aliphatic heterocycles. The Labute approximate surface area is 105 Å². The number of hydrogen-bond donors (Lipinski definition) is 3. The lowest BCUT2D eigenvalue weighted by Gasteiger charge is -2.71. The van der Waals surface area contributed by atoms with Gasteiger partial charge in [0.1, 0.15) is 0 Å². The van der Waals surface area contributed by atoms with Gasteiger partial charge < -0.3 is 5.32 Å². The Morgan fingerprint density at radius 3 is 2.27 bits per heavy atom. The standard InChI is InChI=1S/C10H19IN4/c11-15-3-1-8(2-4-15)13-9-5-10(6-9,7-9)14-12/h8,13-14H,1-7,12H2. The number of nitrogens with one attached hydrogen (secondary N) is 2. The predicted molar refractivity (Wildman–Crippen MR) is 68.4 cm³/mol. The topological polar surface area (TPSA) is 53.3 Å². The molecule has 4 nitrogen and oxygen atoms in total. The minimum atomic E-state index is 0.316. The molecule has 0 aromatic carbocycles. The van der Waals surface area contributed by atoms with Gasteiger partial charge in [-0.15, -0.1) is 0 Å². The normalized spacial score (nSPS) is 46.0. The van der Waals surface area contributed by atoms with E-state index in [0.29, 0.717) is 11.1 Å². The van der Waals surface area contributed by atoms with Crippen molar-refractivity contribution in [1.82, 2.24) is 13.9 Å². The van der Waals surface area contributed by atoms with Crippen LogP contribution in [0.25, 0.3) is 0 Å². The lowest BCUT2D eigenvalue weighted by atomic mass is 9.44. The van der Waals surface area contributed by atoms with Gasteiger partial charge >= 0.3 is 0 Å². The number of piperidine rings is 1. The first-order valence-corrected chi connectivity index (χ1v) is 6.78. The summed E-state index contributed by atoms with van der Waals surface area (Å²) in [6.45, 7) is 2.46. The molecule has 4 N–H and O–H groups in total. The average molecular weight is 322 g/mol. The molecule has 2 bridgehead atoms. The van der Waals surface area contributed by atoms with Crippen LogP contribution in [0.5, 0.6) is 0 Å². The summed E-state index contributed by atoms with van der Waals surface area (Å²) in [6.07, 6.45) is 6.31. The molecule has 5 heteroatoms. The van der Waals surface area contributed by atoms with Gasteiger partial charge in [-0.1, -0.05) is 0 Å². The summed E-state index contributed by atoms with van der Waals surface area (Å²) in [6, 6.07) is 0.743. The van der Waals surface area contributed by atoms with E-state index in [4.69, 9.17) is 5.84 Å². The Bertz CT molecular complexity index is 242. The van der Waals surface area contributed by atoms with Crippen molar-refractivity contribution in [2.75, 3.05) is 13.1 Å². The molecule has 1 heterocycles. The first kappa shape index (κ1) is 10.7. The fourth-order valence-corrected chi connectivity index (χ4v) is 4.08. The van der Waals surface area contributed by atoms with E-state index in [2.05, 4.69) is 36.7 Å². The van der Waals surface area contributed by atoms with Crippen LogP contribution >= 0.6 is 22.9 Å². The second-order valence-electron chi connectivity index (χ2n) is 5.56. The van der Waals surface area contributed by atoms with E-state index in [1.807, 2.05) is 0 Å². The van der Waals surface area contributed by atoms with E-state index in [1.165, 1.54) is 45.2 Å². The van der Waals surface area contributed by atoms with E-state index in [-0.39, 0.29) is 0 Å². The number of rotatable bonds is 3. The molecule has 86 valence electrons. The molecule has 0 amide bonds. The Balaban J connectivity index is 1.48. The molecule has 0 aromatic rings. The van der Waals surface area contributed by atoms with Crippen LogP contribution in [0.1, 0.15) is 32.1 Å². The molecule has 1 saturated heterocycles. The maximum atomic E-state index is 5.53. The van der Waals surface area contributed by atoms with E-state index in [9.17, 15) is 0 Å². The molecule has 3 saturated carbocycles. The van der Waals surface area contributed by atoms with Crippen molar-refractivity contribution < 1.29 is 0 Å². The van der Waals surface area contributed by atoms with Crippen LogP contribution in [0.15, 0.2) is 0 Å². The molecule has 15 heavy (non-hydrogen) atoms. The number of hydrazine groups is 1. The minimum absolute atomic E-state index is 0.316. The predicted octanol–water partition coefficient (Wildman–Crippen LogP) is 0.529. The molecule has 0 spiro atoms. The van der Waals surface area contributed by atoms with Crippen LogP contribution < -0.4 is 16.6 Å². The van der Waals surface area contributed by atoms with Crippen LogP contribution in [-0.4, -0.2) is 33.3 Å². The zero-order valence-corrected chi connectivity index (χ0v) is 11.1. The lowest BCUT2D eigenvalue weighted by molar-refractivity contribution is -0.112. The zero-order chi connectivity index (χ0) is 10.5. The molecule has 0 unspecified atom stereocenters. The van der Waals surface area contributed by atoms with Crippen LogP contribution in [-0.2, 0) is 0 Å². The van der Waals surface area contributed by atoms with Gasteiger partial charge in [0.15, 0.2) is 0 Å². The highest BCUT2D eigenvalue weighted by Crippen LogP contribution is 2.60. The monoisotopic (exact) mass is 322 g/mol. The van der Waals surface area contributed by atoms with Gasteiger partial charge in [-0.05, 0) is 32.1 Å². The smallest absolute Gasteiger partial charge is 0.0374 e. The van der Waals surface area contributed by atoms with Gasteiger partial charge in [-0.2, -0.15) is 0 Å². The molecule has 0 aromatic heterocycles.